The average Bonchev–Trinajstić information content (AvgIpc) is 2.98. The molecule has 1 aromatic heterocycles. The molecule has 1 aliphatic heterocycles. The summed E-state index contributed by atoms with van der Waals surface area (Å²) in [6, 6.07) is 7.91. The van der Waals surface area contributed by atoms with Crippen molar-refractivity contribution in [2.24, 2.45) is 0 Å². The van der Waals surface area contributed by atoms with Crippen LogP contribution in [-0.2, 0) is 4.74 Å². The molecule has 21 heavy (non-hydrogen) atoms. The number of hydrogen-bond acceptors (Lipinski definition) is 4. The molecule has 1 fully saturated rings. The van der Waals surface area contributed by atoms with E-state index >= 15 is 0 Å². The third-order valence-corrected chi connectivity index (χ3v) is 4.09. The van der Waals surface area contributed by atoms with E-state index in [1.165, 1.54) is 12.0 Å². The topological polar surface area (TPSA) is 54.7 Å². The second kappa shape index (κ2) is 5.77. The Hall–Kier alpha value is -2.01. The van der Waals surface area contributed by atoms with Gasteiger partial charge in [-0.2, -0.15) is 0 Å². The summed E-state index contributed by atoms with van der Waals surface area (Å²) in [4.78, 5) is 13.2. The predicted octanol–water partition coefficient (Wildman–Crippen LogP) is 3.10. The van der Waals surface area contributed by atoms with Crippen LogP contribution in [0.25, 0.3) is 11.0 Å². The van der Waals surface area contributed by atoms with Crippen molar-refractivity contribution in [3.05, 3.63) is 30.0 Å². The minimum absolute atomic E-state index is 0.401. The summed E-state index contributed by atoms with van der Waals surface area (Å²) < 4.78 is 10.9. The lowest BCUT2D eigenvalue weighted by Crippen LogP contribution is -2.26. The highest BCUT2D eigenvalue weighted by Crippen LogP contribution is 2.34. The van der Waals surface area contributed by atoms with Crippen LogP contribution in [0.15, 0.2) is 28.7 Å². The number of nitrogens with zero attached hydrogens (tertiary/aromatic N) is 1. The fourth-order valence-corrected chi connectivity index (χ4v) is 2.87. The van der Waals surface area contributed by atoms with E-state index in [1.54, 1.807) is 7.05 Å². The van der Waals surface area contributed by atoms with Crippen LogP contribution in [0.1, 0.15) is 24.5 Å². The van der Waals surface area contributed by atoms with Gasteiger partial charge in [0, 0.05) is 18.4 Å². The Balaban J connectivity index is 1.99. The van der Waals surface area contributed by atoms with Crippen molar-refractivity contribution in [1.29, 1.82) is 0 Å². The van der Waals surface area contributed by atoms with Gasteiger partial charge in [0.05, 0.1) is 12.8 Å². The Morgan fingerprint density at radius 2 is 2.14 bits per heavy atom. The first-order valence-electron chi connectivity index (χ1n) is 7.25. The van der Waals surface area contributed by atoms with Crippen LogP contribution in [0, 0.1) is 0 Å². The number of furan rings is 1. The molecule has 1 amide bonds. The molecule has 0 radical (unpaired) electrons. The predicted molar refractivity (Wildman–Crippen MR) is 81.9 cm³/mol. The van der Waals surface area contributed by atoms with Gasteiger partial charge in [0.25, 0.3) is 0 Å². The number of hydrogen-bond donors (Lipinski definition) is 1. The Kier molecular flexibility index (Phi) is 3.84. The molecule has 0 spiro atoms. The minimum atomic E-state index is -0.401. The molecule has 1 aromatic carbocycles. The Labute approximate surface area is 123 Å². The number of carbonyl (C=O) groups is 1. The number of rotatable bonds is 2. The monoisotopic (exact) mass is 288 g/mol. The summed E-state index contributed by atoms with van der Waals surface area (Å²) in [6.45, 7) is 2.05. The maximum Gasteiger partial charge on any atom is 0.413 e. The Morgan fingerprint density at radius 3 is 2.86 bits per heavy atom. The van der Waals surface area contributed by atoms with Gasteiger partial charge < -0.3 is 14.5 Å². The molecule has 0 bridgehead atoms. The van der Waals surface area contributed by atoms with Gasteiger partial charge in [0.2, 0.25) is 0 Å². The quantitative estimate of drug-likeness (QED) is 0.922. The molecule has 1 saturated heterocycles. The normalized spacial score (nSPS) is 16.1. The van der Waals surface area contributed by atoms with Gasteiger partial charge in [-0.25, -0.2) is 4.79 Å². The van der Waals surface area contributed by atoms with E-state index in [-0.39, 0.29) is 0 Å². The van der Waals surface area contributed by atoms with E-state index in [4.69, 9.17) is 9.15 Å². The summed E-state index contributed by atoms with van der Waals surface area (Å²) in [5.74, 6) is 1.46. The fourth-order valence-electron chi connectivity index (χ4n) is 2.87. The van der Waals surface area contributed by atoms with E-state index in [1.807, 2.05) is 18.2 Å². The van der Waals surface area contributed by atoms with Gasteiger partial charge in [-0.15, -0.1) is 0 Å². The molecule has 0 aliphatic carbocycles. The van der Waals surface area contributed by atoms with Gasteiger partial charge in [0.1, 0.15) is 5.76 Å². The third-order valence-electron chi connectivity index (χ3n) is 4.09. The van der Waals surface area contributed by atoms with Crippen LogP contribution in [0.4, 0.5) is 10.5 Å². The van der Waals surface area contributed by atoms with E-state index in [2.05, 4.69) is 11.4 Å². The smallest absolute Gasteiger partial charge is 0.413 e. The molecule has 5 nitrogen and oxygen atoms in total. The maximum absolute atomic E-state index is 11.7. The minimum Gasteiger partial charge on any atom is -0.459 e. The number of fused-ring (bicyclic) bond motifs is 1. The summed E-state index contributed by atoms with van der Waals surface area (Å²) in [5.41, 5.74) is 1.48. The van der Waals surface area contributed by atoms with Crippen molar-refractivity contribution < 1.29 is 13.9 Å². The van der Waals surface area contributed by atoms with Crippen molar-refractivity contribution in [2.75, 3.05) is 32.1 Å². The Bertz CT molecular complexity index is 644. The van der Waals surface area contributed by atoms with E-state index in [9.17, 15) is 4.79 Å². The lowest BCUT2D eigenvalue weighted by atomic mass is 9.95. The van der Waals surface area contributed by atoms with E-state index in [0.717, 1.165) is 48.3 Å². The number of benzene rings is 1. The lowest BCUT2D eigenvalue weighted by molar-refractivity contribution is 0.180. The lowest BCUT2D eigenvalue weighted by Gasteiger charge is -2.20. The Morgan fingerprint density at radius 1 is 1.38 bits per heavy atom. The second-order valence-electron chi connectivity index (χ2n) is 5.40. The number of piperidine rings is 1. The van der Waals surface area contributed by atoms with Crippen molar-refractivity contribution >= 4 is 22.7 Å². The average molecular weight is 288 g/mol. The molecule has 2 heterocycles. The van der Waals surface area contributed by atoms with Crippen LogP contribution in [0.5, 0.6) is 0 Å². The largest absolute Gasteiger partial charge is 0.459 e. The van der Waals surface area contributed by atoms with Gasteiger partial charge in [0.15, 0.2) is 5.58 Å². The van der Waals surface area contributed by atoms with E-state index < -0.39 is 6.09 Å². The van der Waals surface area contributed by atoms with Crippen molar-refractivity contribution in [3.63, 3.8) is 0 Å². The zero-order valence-electron chi connectivity index (χ0n) is 12.4. The number of methoxy groups -OCH3 is 1. The van der Waals surface area contributed by atoms with Gasteiger partial charge >= 0.3 is 6.09 Å². The molecule has 3 rings (SSSR count). The number of amides is 1. The van der Waals surface area contributed by atoms with Crippen LogP contribution < -0.4 is 10.2 Å². The summed E-state index contributed by atoms with van der Waals surface area (Å²) >= 11 is 0. The van der Waals surface area contributed by atoms with Crippen LogP contribution in [0.2, 0.25) is 0 Å². The molecular weight excluding hydrogens is 268 g/mol. The summed E-state index contributed by atoms with van der Waals surface area (Å²) in [6.07, 6.45) is 1.77. The molecule has 1 aliphatic rings. The van der Waals surface area contributed by atoms with Gasteiger partial charge in [-0.1, -0.05) is 12.1 Å². The number of ether oxygens (including phenoxy) is 1. The van der Waals surface area contributed by atoms with Crippen molar-refractivity contribution in [3.8, 4) is 0 Å². The first kappa shape index (κ1) is 13.9. The molecule has 0 atom stereocenters. The van der Waals surface area contributed by atoms with Crippen LogP contribution in [0.3, 0.4) is 0 Å². The summed E-state index contributed by atoms with van der Waals surface area (Å²) in [7, 11) is 3.06. The zero-order valence-corrected chi connectivity index (χ0v) is 12.4. The van der Waals surface area contributed by atoms with Gasteiger partial charge in [-0.05, 0) is 38.1 Å². The van der Waals surface area contributed by atoms with E-state index in [0.29, 0.717) is 5.92 Å². The first-order chi connectivity index (χ1) is 10.2. The summed E-state index contributed by atoms with van der Waals surface area (Å²) in [5, 5.41) is 4.38. The number of nitrogens with one attached hydrogen (secondary N) is 1. The molecule has 0 unspecified atom stereocenters. The molecule has 2 aromatic rings. The van der Waals surface area contributed by atoms with Crippen molar-refractivity contribution in [1.82, 2.24) is 5.32 Å². The number of carbonyl (C=O) groups excluding carboxylic acids is 1. The first-order valence-corrected chi connectivity index (χ1v) is 7.25. The molecule has 5 heteroatoms. The molecule has 1 N–H and O–H groups in total. The van der Waals surface area contributed by atoms with Gasteiger partial charge in [-0.3, -0.25) is 4.90 Å². The molecular formula is C16H20N2O3. The standard InChI is InChI=1S/C16H20N2O3/c1-18(16(19)20-2)13-5-3-4-12-10-14(21-15(12)13)11-6-8-17-9-7-11/h3-5,10-11,17H,6-9H2,1-2H3. The zero-order chi connectivity index (χ0) is 14.8. The number of para-hydroxylation sites is 1. The molecule has 112 valence electrons. The highest BCUT2D eigenvalue weighted by molar-refractivity contribution is 5.98. The fraction of sp³-hybridized carbons (Fsp3) is 0.438. The van der Waals surface area contributed by atoms with Crippen molar-refractivity contribution in [2.45, 2.75) is 18.8 Å². The maximum atomic E-state index is 11.7. The highest BCUT2D eigenvalue weighted by atomic mass is 16.5. The highest BCUT2D eigenvalue weighted by Gasteiger charge is 2.22. The number of anilines is 1. The van der Waals surface area contributed by atoms with Crippen LogP contribution >= 0.6 is 0 Å². The van der Waals surface area contributed by atoms with Crippen LogP contribution in [-0.4, -0.2) is 33.3 Å². The third kappa shape index (κ3) is 2.61. The second-order valence-corrected chi connectivity index (χ2v) is 5.40. The molecule has 0 saturated carbocycles. The SMILES string of the molecule is COC(=O)N(C)c1cccc2cc(C3CCNCC3)oc12.